The number of carbonyl (C=O) groups excluding carboxylic acids is 1. The number of tetrazole rings is 1. The molecular weight excluding hydrogens is 466 g/mol. The Morgan fingerprint density at radius 2 is 1.91 bits per heavy atom. The number of H-pyrrole nitrogens is 1. The number of aromatic nitrogens is 4. The summed E-state index contributed by atoms with van der Waals surface area (Å²) < 4.78 is 5.51. The first-order valence-electron chi connectivity index (χ1n) is 11.6. The number of nitrogens with one attached hydrogen (secondary N) is 1. The molecule has 0 atom stereocenters. The number of carbonyl (C=O) groups is 2. The number of rotatable bonds is 7. The molecule has 1 aliphatic rings. The standard InChI is InChI=1S/C25H31N5O4S/c1-15(31)30(18-11-24(2,3)14-25(4,5)12-18)17-8-6-7-16(9-17)20-10-19(34-13-21(32)33)22(35-20)23-26-28-29-27-23/h6-10,18H,11-14H2,1-5H3,(H,32,33)(H,26,27,28,29). The Balaban J connectivity index is 1.70. The summed E-state index contributed by atoms with van der Waals surface area (Å²) in [4.78, 5) is 27.3. The second kappa shape index (κ2) is 9.41. The van der Waals surface area contributed by atoms with Gasteiger partial charge in [0.1, 0.15) is 10.6 Å². The van der Waals surface area contributed by atoms with Crippen LogP contribution in [-0.4, -0.2) is 50.3 Å². The summed E-state index contributed by atoms with van der Waals surface area (Å²) in [5, 5.41) is 23.1. The molecule has 10 heteroatoms. The lowest BCUT2D eigenvalue weighted by Gasteiger charge is -2.48. The van der Waals surface area contributed by atoms with Crippen LogP contribution in [0.15, 0.2) is 30.3 Å². The lowest BCUT2D eigenvalue weighted by Crippen LogP contribution is -2.48. The van der Waals surface area contributed by atoms with E-state index in [1.54, 1.807) is 13.0 Å². The van der Waals surface area contributed by atoms with E-state index in [9.17, 15) is 9.59 Å². The summed E-state index contributed by atoms with van der Waals surface area (Å²) in [5.74, 6) is -0.354. The maximum Gasteiger partial charge on any atom is 0.341 e. The molecule has 0 unspecified atom stereocenters. The molecule has 2 heterocycles. The van der Waals surface area contributed by atoms with Gasteiger partial charge in [0, 0.05) is 23.5 Å². The van der Waals surface area contributed by atoms with Crippen molar-refractivity contribution < 1.29 is 19.4 Å². The molecule has 1 amide bonds. The Kier molecular flexibility index (Phi) is 6.68. The second-order valence-electron chi connectivity index (χ2n) is 10.7. The highest BCUT2D eigenvalue weighted by atomic mass is 32.1. The number of benzene rings is 1. The molecule has 3 aromatic rings. The minimum absolute atomic E-state index is 0.0183. The van der Waals surface area contributed by atoms with Crippen LogP contribution in [0, 0.1) is 10.8 Å². The predicted octanol–water partition coefficient (Wildman–Crippen LogP) is 5.02. The summed E-state index contributed by atoms with van der Waals surface area (Å²) in [6, 6.07) is 9.75. The summed E-state index contributed by atoms with van der Waals surface area (Å²) >= 11 is 1.38. The van der Waals surface area contributed by atoms with Gasteiger partial charge in [0.15, 0.2) is 6.61 Å². The fourth-order valence-corrected chi connectivity index (χ4v) is 6.63. The van der Waals surface area contributed by atoms with Crippen LogP contribution in [0.4, 0.5) is 5.69 Å². The van der Waals surface area contributed by atoms with Crippen molar-refractivity contribution >= 4 is 28.9 Å². The number of carboxylic acid groups (broad SMARTS) is 1. The number of aromatic amines is 1. The Morgan fingerprint density at radius 3 is 2.51 bits per heavy atom. The molecule has 1 fully saturated rings. The third-order valence-electron chi connectivity index (χ3n) is 6.24. The van der Waals surface area contributed by atoms with Crippen molar-refractivity contribution in [3.8, 4) is 26.9 Å². The van der Waals surface area contributed by atoms with Crippen LogP contribution in [0.1, 0.15) is 53.9 Å². The van der Waals surface area contributed by atoms with Crippen LogP contribution in [-0.2, 0) is 9.59 Å². The minimum atomic E-state index is -1.07. The highest BCUT2D eigenvalue weighted by Crippen LogP contribution is 2.48. The zero-order valence-corrected chi connectivity index (χ0v) is 21.5. The van der Waals surface area contributed by atoms with E-state index in [0.717, 1.165) is 35.4 Å². The zero-order chi connectivity index (χ0) is 25.4. The van der Waals surface area contributed by atoms with E-state index < -0.39 is 12.6 Å². The molecule has 0 radical (unpaired) electrons. The van der Waals surface area contributed by atoms with Crippen molar-refractivity contribution in [3.05, 3.63) is 30.3 Å². The number of carboxylic acids is 1. The van der Waals surface area contributed by atoms with Crippen molar-refractivity contribution in [2.24, 2.45) is 10.8 Å². The van der Waals surface area contributed by atoms with Crippen LogP contribution in [0.2, 0.25) is 0 Å². The number of ether oxygens (including phenoxy) is 1. The monoisotopic (exact) mass is 497 g/mol. The molecular formula is C25H31N5O4S. The number of hydrogen-bond acceptors (Lipinski definition) is 7. The first kappa shape index (κ1) is 24.8. The lowest BCUT2D eigenvalue weighted by molar-refractivity contribution is -0.139. The summed E-state index contributed by atoms with van der Waals surface area (Å²) in [6.45, 7) is 10.3. The topological polar surface area (TPSA) is 121 Å². The highest BCUT2D eigenvalue weighted by Gasteiger charge is 2.41. The van der Waals surface area contributed by atoms with E-state index in [2.05, 4.69) is 48.3 Å². The third kappa shape index (κ3) is 5.70. The van der Waals surface area contributed by atoms with Gasteiger partial charge < -0.3 is 14.7 Å². The van der Waals surface area contributed by atoms with Crippen molar-refractivity contribution in [1.82, 2.24) is 20.6 Å². The molecule has 0 saturated heterocycles. The number of amides is 1. The molecule has 0 aliphatic heterocycles. The highest BCUT2D eigenvalue weighted by molar-refractivity contribution is 7.19. The Bertz CT molecular complexity index is 1200. The van der Waals surface area contributed by atoms with Crippen LogP contribution in [0.25, 0.3) is 21.1 Å². The molecule has 1 aliphatic carbocycles. The van der Waals surface area contributed by atoms with E-state index in [1.165, 1.54) is 11.3 Å². The predicted molar refractivity (Wildman–Crippen MR) is 134 cm³/mol. The molecule has 4 rings (SSSR count). The van der Waals surface area contributed by atoms with Gasteiger partial charge in [0.2, 0.25) is 11.7 Å². The molecule has 1 aromatic carbocycles. The van der Waals surface area contributed by atoms with Gasteiger partial charge in [-0.3, -0.25) is 4.79 Å². The van der Waals surface area contributed by atoms with E-state index in [4.69, 9.17) is 9.84 Å². The molecule has 2 aromatic heterocycles. The normalized spacial score (nSPS) is 17.2. The molecule has 0 bridgehead atoms. The molecule has 2 N–H and O–H groups in total. The Labute approximate surface area is 208 Å². The number of nitrogens with zero attached hydrogens (tertiary/aromatic N) is 4. The van der Waals surface area contributed by atoms with Gasteiger partial charge in [-0.1, -0.05) is 39.8 Å². The van der Waals surface area contributed by atoms with E-state index in [0.29, 0.717) is 16.5 Å². The summed E-state index contributed by atoms with van der Waals surface area (Å²) in [5.41, 5.74) is 2.02. The summed E-state index contributed by atoms with van der Waals surface area (Å²) in [6.07, 6.45) is 3.00. The average molecular weight is 498 g/mol. The number of thiophene rings is 1. The van der Waals surface area contributed by atoms with E-state index in [-0.39, 0.29) is 22.8 Å². The largest absolute Gasteiger partial charge is 0.480 e. The maximum atomic E-state index is 12.9. The van der Waals surface area contributed by atoms with Crippen LogP contribution in [0.3, 0.4) is 0 Å². The number of aliphatic carboxylic acids is 1. The first-order chi connectivity index (χ1) is 16.4. The van der Waals surface area contributed by atoms with Gasteiger partial charge in [-0.15, -0.1) is 21.5 Å². The van der Waals surface area contributed by atoms with Crippen LogP contribution >= 0.6 is 11.3 Å². The minimum Gasteiger partial charge on any atom is -0.480 e. The number of hydrogen-bond donors (Lipinski definition) is 2. The lowest BCUT2D eigenvalue weighted by atomic mass is 9.63. The van der Waals surface area contributed by atoms with Gasteiger partial charge in [-0.05, 0) is 59.1 Å². The molecule has 0 spiro atoms. The van der Waals surface area contributed by atoms with Crippen molar-refractivity contribution in [2.75, 3.05) is 11.5 Å². The second-order valence-corrected chi connectivity index (χ2v) is 11.8. The van der Waals surface area contributed by atoms with E-state index >= 15 is 0 Å². The summed E-state index contributed by atoms with van der Waals surface area (Å²) in [7, 11) is 0. The van der Waals surface area contributed by atoms with Crippen molar-refractivity contribution in [3.63, 3.8) is 0 Å². The molecule has 9 nitrogen and oxygen atoms in total. The SMILES string of the molecule is CC(=O)N(c1cccc(-c2cc(OCC(=O)O)c(-c3nn[nH]n3)s2)c1)C1CC(C)(C)CC(C)(C)C1. The van der Waals surface area contributed by atoms with Crippen molar-refractivity contribution in [1.29, 1.82) is 0 Å². The molecule has 1 saturated carbocycles. The van der Waals surface area contributed by atoms with Gasteiger partial charge in [0.25, 0.3) is 0 Å². The first-order valence-corrected chi connectivity index (χ1v) is 12.4. The smallest absolute Gasteiger partial charge is 0.341 e. The van der Waals surface area contributed by atoms with Crippen molar-refractivity contribution in [2.45, 2.75) is 59.9 Å². The van der Waals surface area contributed by atoms with Gasteiger partial charge >= 0.3 is 5.97 Å². The zero-order valence-electron chi connectivity index (χ0n) is 20.7. The van der Waals surface area contributed by atoms with E-state index in [1.807, 2.05) is 29.2 Å². The third-order valence-corrected chi connectivity index (χ3v) is 7.41. The van der Waals surface area contributed by atoms with Crippen LogP contribution in [0.5, 0.6) is 5.75 Å². The fourth-order valence-electron chi connectivity index (χ4n) is 5.61. The Hall–Kier alpha value is -3.27. The maximum absolute atomic E-state index is 12.9. The quantitative estimate of drug-likeness (QED) is 0.470. The Morgan fingerprint density at radius 1 is 1.20 bits per heavy atom. The van der Waals surface area contributed by atoms with Crippen LogP contribution < -0.4 is 9.64 Å². The molecule has 35 heavy (non-hydrogen) atoms. The van der Waals surface area contributed by atoms with Gasteiger partial charge in [-0.25, -0.2) is 4.79 Å². The average Bonchev–Trinajstić information content (AvgIpc) is 3.40. The van der Waals surface area contributed by atoms with Gasteiger partial charge in [0.05, 0.1) is 0 Å². The molecule has 186 valence electrons. The number of anilines is 1. The van der Waals surface area contributed by atoms with Gasteiger partial charge in [-0.2, -0.15) is 5.21 Å². The fraction of sp³-hybridized carbons (Fsp3) is 0.480.